The van der Waals surface area contributed by atoms with Gasteiger partial charge in [0.1, 0.15) is 10.8 Å². The lowest BCUT2D eigenvalue weighted by Crippen LogP contribution is -2.40. The van der Waals surface area contributed by atoms with Gasteiger partial charge in [-0.2, -0.15) is 0 Å². The Morgan fingerprint density at radius 3 is 2.72 bits per heavy atom. The van der Waals surface area contributed by atoms with Crippen molar-refractivity contribution in [1.82, 2.24) is 19.9 Å². The van der Waals surface area contributed by atoms with E-state index in [0.29, 0.717) is 21.3 Å². The van der Waals surface area contributed by atoms with Crippen molar-refractivity contribution in [2.45, 2.75) is 29.2 Å². The lowest BCUT2D eigenvalue weighted by Gasteiger charge is -2.38. The summed E-state index contributed by atoms with van der Waals surface area (Å²) >= 11 is 7.85. The number of aromatic nitrogens is 4. The topological polar surface area (TPSA) is 84.0 Å². The molecular formula is C20H20ClN5O2S. The van der Waals surface area contributed by atoms with Crippen molar-refractivity contribution >= 4 is 40.1 Å². The third-order valence-electron chi connectivity index (χ3n) is 5.87. The van der Waals surface area contributed by atoms with Gasteiger partial charge in [-0.1, -0.05) is 23.4 Å². The highest BCUT2D eigenvalue weighted by Gasteiger charge is 2.38. The molecule has 4 heterocycles. The van der Waals surface area contributed by atoms with Gasteiger partial charge >= 0.3 is 0 Å². The SMILES string of the molecule is O=c1[nH]cnc2ccc(Sc3cnc(N4CCC5(CCOC5)CC4)cn3)c(Cl)c12. The predicted molar refractivity (Wildman–Crippen MR) is 113 cm³/mol. The predicted octanol–water partition coefficient (Wildman–Crippen LogP) is 3.52. The molecule has 0 saturated carbocycles. The second-order valence-electron chi connectivity index (χ2n) is 7.61. The van der Waals surface area contributed by atoms with Crippen LogP contribution in [-0.2, 0) is 4.74 Å². The van der Waals surface area contributed by atoms with Crippen LogP contribution in [0.1, 0.15) is 19.3 Å². The molecule has 0 atom stereocenters. The highest BCUT2D eigenvalue weighted by Crippen LogP contribution is 2.40. The maximum atomic E-state index is 12.1. The Bertz CT molecular complexity index is 1090. The largest absolute Gasteiger partial charge is 0.381 e. The van der Waals surface area contributed by atoms with Gasteiger partial charge in [-0.25, -0.2) is 15.0 Å². The first-order valence-electron chi connectivity index (χ1n) is 9.62. The van der Waals surface area contributed by atoms with Crippen LogP contribution in [-0.4, -0.2) is 46.2 Å². The van der Waals surface area contributed by atoms with E-state index in [4.69, 9.17) is 16.3 Å². The minimum absolute atomic E-state index is 0.251. The number of nitrogens with zero attached hydrogens (tertiary/aromatic N) is 4. The molecule has 2 aromatic heterocycles. The highest BCUT2D eigenvalue weighted by atomic mass is 35.5. The lowest BCUT2D eigenvalue weighted by atomic mass is 9.78. The molecule has 1 N–H and O–H groups in total. The van der Waals surface area contributed by atoms with Gasteiger partial charge in [0.25, 0.3) is 5.56 Å². The van der Waals surface area contributed by atoms with Gasteiger partial charge in [0, 0.05) is 24.6 Å². The summed E-state index contributed by atoms with van der Waals surface area (Å²) in [6.45, 7) is 3.76. The number of hydrogen-bond donors (Lipinski definition) is 1. The number of halogens is 1. The first-order chi connectivity index (χ1) is 14.1. The highest BCUT2D eigenvalue weighted by molar-refractivity contribution is 7.99. The minimum atomic E-state index is -0.251. The van der Waals surface area contributed by atoms with E-state index in [0.717, 1.165) is 54.9 Å². The fourth-order valence-electron chi connectivity index (χ4n) is 4.07. The van der Waals surface area contributed by atoms with Crippen molar-refractivity contribution in [3.8, 4) is 0 Å². The fourth-order valence-corrected chi connectivity index (χ4v) is 5.20. The summed E-state index contributed by atoms with van der Waals surface area (Å²) in [6, 6.07) is 3.64. The Morgan fingerprint density at radius 1 is 1.14 bits per heavy atom. The summed E-state index contributed by atoms with van der Waals surface area (Å²) in [5.74, 6) is 0.897. The number of H-pyrrole nitrogens is 1. The number of hydrogen-bond acceptors (Lipinski definition) is 7. The molecule has 9 heteroatoms. The Labute approximate surface area is 176 Å². The molecule has 3 aromatic rings. The molecule has 0 amide bonds. The Kier molecular flexibility index (Phi) is 4.93. The standard InChI is InChI=1S/C20H20ClN5O2S/c21-18-14(2-1-13-17(18)19(27)25-12-24-13)29-16-10-22-15(9-23-16)26-6-3-20(4-7-26)5-8-28-11-20/h1-2,9-10,12H,3-8,11H2,(H,24,25,27). The molecule has 5 rings (SSSR count). The Morgan fingerprint density at radius 2 is 2.00 bits per heavy atom. The number of nitrogens with one attached hydrogen (secondary N) is 1. The third-order valence-corrected chi connectivity index (χ3v) is 7.36. The normalized spacial score (nSPS) is 18.6. The molecule has 0 radical (unpaired) electrons. The van der Waals surface area contributed by atoms with E-state index in [1.165, 1.54) is 24.5 Å². The maximum absolute atomic E-state index is 12.1. The van der Waals surface area contributed by atoms with Crippen LogP contribution in [0.3, 0.4) is 0 Å². The zero-order chi connectivity index (χ0) is 19.8. The number of rotatable bonds is 3. The minimum Gasteiger partial charge on any atom is -0.381 e. The first-order valence-corrected chi connectivity index (χ1v) is 10.8. The molecule has 0 unspecified atom stereocenters. The number of fused-ring (bicyclic) bond motifs is 1. The van der Waals surface area contributed by atoms with Gasteiger partial charge in [0.05, 0.1) is 41.3 Å². The molecule has 2 aliphatic rings. The van der Waals surface area contributed by atoms with Crippen molar-refractivity contribution in [3.63, 3.8) is 0 Å². The van der Waals surface area contributed by atoms with E-state index < -0.39 is 0 Å². The lowest BCUT2D eigenvalue weighted by molar-refractivity contribution is 0.133. The quantitative estimate of drug-likeness (QED) is 0.681. The molecule has 1 aromatic carbocycles. The van der Waals surface area contributed by atoms with E-state index in [1.807, 2.05) is 12.3 Å². The molecule has 2 saturated heterocycles. The van der Waals surface area contributed by atoms with Crippen LogP contribution >= 0.6 is 23.4 Å². The number of ether oxygens (including phenoxy) is 1. The summed E-state index contributed by atoms with van der Waals surface area (Å²) in [4.78, 5) is 31.0. The van der Waals surface area contributed by atoms with Gasteiger partial charge in [0.15, 0.2) is 0 Å². The number of aromatic amines is 1. The van der Waals surface area contributed by atoms with Crippen LogP contribution in [0.2, 0.25) is 5.02 Å². The summed E-state index contributed by atoms with van der Waals surface area (Å²) < 4.78 is 5.61. The van der Waals surface area contributed by atoms with Crippen LogP contribution in [0.5, 0.6) is 0 Å². The van der Waals surface area contributed by atoms with Gasteiger partial charge in [0.2, 0.25) is 0 Å². The number of benzene rings is 1. The molecular weight excluding hydrogens is 410 g/mol. The second kappa shape index (κ2) is 7.59. The van der Waals surface area contributed by atoms with Gasteiger partial charge in [-0.05, 0) is 36.8 Å². The monoisotopic (exact) mass is 429 g/mol. The fraction of sp³-hybridized carbons (Fsp3) is 0.400. The molecule has 2 aliphatic heterocycles. The molecule has 1 spiro atoms. The zero-order valence-electron chi connectivity index (χ0n) is 15.7. The molecule has 2 fully saturated rings. The van der Waals surface area contributed by atoms with E-state index in [-0.39, 0.29) is 5.56 Å². The average molecular weight is 430 g/mol. The Balaban J connectivity index is 1.31. The van der Waals surface area contributed by atoms with Crippen LogP contribution in [0.25, 0.3) is 10.9 Å². The molecule has 150 valence electrons. The van der Waals surface area contributed by atoms with E-state index in [1.54, 1.807) is 12.3 Å². The average Bonchev–Trinajstić information content (AvgIpc) is 3.19. The number of piperidine rings is 1. The number of anilines is 1. The summed E-state index contributed by atoms with van der Waals surface area (Å²) in [6.07, 6.45) is 8.40. The molecule has 29 heavy (non-hydrogen) atoms. The van der Waals surface area contributed by atoms with E-state index >= 15 is 0 Å². The van der Waals surface area contributed by atoms with Crippen molar-refractivity contribution in [3.05, 3.63) is 46.2 Å². The van der Waals surface area contributed by atoms with Crippen molar-refractivity contribution in [1.29, 1.82) is 0 Å². The van der Waals surface area contributed by atoms with Crippen LogP contribution in [0, 0.1) is 5.41 Å². The van der Waals surface area contributed by atoms with Crippen LogP contribution in [0.4, 0.5) is 5.82 Å². The first kappa shape index (κ1) is 18.8. The molecule has 7 nitrogen and oxygen atoms in total. The maximum Gasteiger partial charge on any atom is 0.260 e. The molecule has 0 bridgehead atoms. The van der Waals surface area contributed by atoms with Gasteiger partial charge in [-0.15, -0.1) is 0 Å². The van der Waals surface area contributed by atoms with Crippen molar-refractivity contribution in [2.24, 2.45) is 5.41 Å². The van der Waals surface area contributed by atoms with Crippen LogP contribution < -0.4 is 10.5 Å². The Hall–Kier alpha value is -2.16. The summed E-state index contributed by atoms with van der Waals surface area (Å²) in [5, 5.41) is 1.50. The van der Waals surface area contributed by atoms with Crippen LogP contribution in [0.15, 0.2) is 45.6 Å². The summed E-state index contributed by atoms with van der Waals surface area (Å²) in [7, 11) is 0. The van der Waals surface area contributed by atoms with Gasteiger partial charge < -0.3 is 14.6 Å². The smallest absolute Gasteiger partial charge is 0.260 e. The summed E-state index contributed by atoms with van der Waals surface area (Å²) in [5.41, 5.74) is 0.693. The molecule has 0 aliphatic carbocycles. The van der Waals surface area contributed by atoms with Gasteiger partial charge in [-0.3, -0.25) is 4.79 Å². The van der Waals surface area contributed by atoms with E-state index in [2.05, 4.69) is 24.8 Å². The third kappa shape index (κ3) is 3.60. The zero-order valence-corrected chi connectivity index (χ0v) is 17.3. The van der Waals surface area contributed by atoms with Crippen molar-refractivity contribution < 1.29 is 4.74 Å². The van der Waals surface area contributed by atoms with Crippen molar-refractivity contribution in [2.75, 3.05) is 31.2 Å². The second-order valence-corrected chi connectivity index (χ2v) is 9.05. The van der Waals surface area contributed by atoms with E-state index in [9.17, 15) is 4.79 Å².